The lowest BCUT2D eigenvalue weighted by molar-refractivity contribution is -0.149. The fourth-order valence-corrected chi connectivity index (χ4v) is 3.32. The molecule has 0 radical (unpaired) electrons. The van der Waals surface area contributed by atoms with Crippen LogP contribution < -0.4 is 10.6 Å². The van der Waals surface area contributed by atoms with Crippen LogP contribution in [0.2, 0.25) is 0 Å². The average molecular weight is 502 g/mol. The van der Waals surface area contributed by atoms with Gasteiger partial charge in [0.15, 0.2) is 5.96 Å². The predicted molar refractivity (Wildman–Crippen MR) is 126 cm³/mol. The van der Waals surface area contributed by atoms with E-state index in [0.29, 0.717) is 18.6 Å². The maximum atomic E-state index is 11.9. The number of para-hydroxylation sites is 1. The fraction of sp³-hybridized carbons (Fsp3) is 0.619. The Bertz CT molecular complexity index is 602. The van der Waals surface area contributed by atoms with Crippen LogP contribution in [0, 0.1) is 11.8 Å². The summed E-state index contributed by atoms with van der Waals surface area (Å²) in [4.78, 5) is 18.6. The van der Waals surface area contributed by atoms with Crippen molar-refractivity contribution in [3.05, 3.63) is 30.3 Å². The van der Waals surface area contributed by atoms with Crippen molar-refractivity contribution in [3.63, 3.8) is 0 Å². The van der Waals surface area contributed by atoms with Crippen LogP contribution >= 0.6 is 24.0 Å². The summed E-state index contributed by atoms with van der Waals surface area (Å²) < 4.78 is 5.15. The summed E-state index contributed by atoms with van der Waals surface area (Å²) in [5, 5.41) is 7.11. The van der Waals surface area contributed by atoms with Gasteiger partial charge in [0.05, 0.1) is 12.5 Å². The van der Waals surface area contributed by atoms with Crippen molar-refractivity contribution in [1.29, 1.82) is 0 Å². The largest absolute Gasteiger partial charge is 0.466 e. The Balaban J connectivity index is 0.00000392. The minimum absolute atomic E-state index is 0. The number of halogens is 1. The second kappa shape index (κ2) is 12.9. The van der Waals surface area contributed by atoms with Crippen molar-refractivity contribution in [2.24, 2.45) is 16.8 Å². The number of benzene rings is 1. The van der Waals surface area contributed by atoms with Gasteiger partial charge >= 0.3 is 5.97 Å². The van der Waals surface area contributed by atoms with Crippen molar-refractivity contribution < 1.29 is 9.53 Å². The van der Waals surface area contributed by atoms with Gasteiger partial charge in [-0.3, -0.25) is 9.79 Å². The third-order valence-corrected chi connectivity index (χ3v) is 5.04. The minimum atomic E-state index is -0.0629. The van der Waals surface area contributed by atoms with Crippen LogP contribution in [-0.2, 0) is 9.53 Å². The zero-order valence-electron chi connectivity index (χ0n) is 17.5. The average Bonchev–Trinajstić information content (AvgIpc) is 2.68. The highest BCUT2D eigenvalue weighted by Gasteiger charge is 2.27. The predicted octanol–water partition coefficient (Wildman–Crippen LogP) is 3.59. The second-order valence-corrected chi connectivity index (χ2v) is 7.30. The Morgan fingerprint density at radius 3 is 2.43 bits per heavy atom. The van der Waals surface area contributed by atoms with E-state index in [1.165, 1.54) is 0 Å². The summed E-state index contributed by atoms with van der Waals surface area (Å²) >= 11 is 0. The number of likely N-dealkylation sites (tertiary alicyclic amines) is 1. The summed E-state index contributed by atoms with van der Waals surface area (Å²) in [6.45, 7) is 9.17. The molecule has 0 spiro atoms. The lowest BCUT2D eigenvalue weighted by Crippen LogP contribution is -2.49. The summed E-state index contributed by atoms with van der Waals surface area (Å²) in [5.74, 6) is 1.33. The van der Waals surface area contributed by atoms with E-state index in [0.717, 1.165) is 44.1 Å². The number of piperidine rings is 1. The molecule has 1 aliphatic heterocycles. The van der Waals surface area contributed by atoms with E-state index >= 15 is 0 Å². The van der Waals surface area contributed by atoms with E-state index in [1.54, 1.807) is 0 Å². The second-order valence-electron chi connectivity index (χ2n) is 7.30. The van der Waals surface area contributed by atoms with Gasteiger partial charge in [0.25, 0.3) is 0 Å². The molecule has 1 aromatic carbocycles. The monoisotopic (exact) mass is 502 g/mol. The number of anilines is 1. The number of carbonyl (C=O) groups is 1. The van der Waals surface area contributed by atoms with Crippen molar-refractivity contribution in [2.45, 2.75) is 39.7 Å². The third-order valence-electron chi connectivity index (χ3n) is 5.04. The number of esters is 1. The molecule has 1 atom stereocenters. The van der Waals surface area contributed by atoms with Gasteiger partial charge in [-0.15, -0.1) is 24.0 Å². The normalized spacial score (nSPS) is 16.3. The first-order valence-corrected chi connectivity index (χ1v) is 9.99. The Kier molecular flexibility index (Phi) is 11.3. The summed E-state index contributed by atoms with van der Waals surface area (Å²) in [6, 6.07) is 10.6. The number of ether oxygens (including phenoxy) is 1. The van der Waals surface area contributed by atoms with Crippen molar-refractivity contribution in [2.75, 3.05) is 38.6 Å². The van der Waals surface area contributed by atoms with Crippen molar-refractivity contribution in [3.8, 4) is 0 Å². The molecule has 0 amide bonds. The zero-order chi connectivity index (χ0) is 19.6. The number of carbonyl (C=O) groups excluding carboxylic acids is 1. The highest BCUT2D eigenvalue weighted by Crippen LogP contribution is 2.19. The number of hydrogen-bond acceptors (Lipinski definition) is 4. The number of hydrogen-bond donors (Lipinski definition) is 2. The molecule has 2 N–H and O–H groups in total. The quantitative estimate of drug-likeness (QED) is 0.258. The summed E-state index contributed by atoms with van der Waals surface area (Å²) in [6.07, 6.45) is 1.63. The number of rotatable bonds is 7. The van der Waals surface area contributed by atoms with E-state index in [-0.39, 0.29) is 35.9 Å². The molecule has 7 heteroatoms. The topological polar surface area (TPSA) is 66.0 Å². The Morgan fingerprint density at radius 1 is 1.25 bits per heavy atom. The number of aliphatic imine (C=N–C) groups is 1. The Hall–Kier alpha value is -1.51. The molecule has 28 heavy (non-hydrogen) atoms. The molecule has 1 heterocycles. The van der Waals surface area contributed by atoms with Gasteiger partial charge in [0, 0.05) is 38.4 Å². The van der Waals surface area contributed by atoms with Gasteiger partial charge in [0.2, 0.25) is 0 Å². The Morgan fingerprint density at radius 2 is 1.89 bits per heavy atom. The summed E-state index contributed by atoms with van der Waals surface area (Å²) in [5.41, 5.74) is 1.13. The van der Waals surface area contributed by atoms with E-state index in [2.05, 4.69) is 46.5 Å². The van der Waals surface area contributed by atoms with Gasteiger partial charge < -0.3 is 20.3 Å². The van der Waals surface area contributed by atoms with Crippen molar-refractivity contribution >= 4 is 41.6 Å². The number of nitrogens with one attached hydrogen (secondary N) is 2. The molecule has 6 nitrogen and oxygen atoms in total. The third kappa shape index (κ3) is 7.48. The molecule has 1 unspecified atom stereocenters. The Labute approximate surface area is 186 Å². The van der Waals surface area contributed by atoms with Crippen LogP contribution in [-0.4, -0.2) is 56.2 Å². The fourth-order valence-electron chi connectivity index (χ4n) is 3.32. The highest BCUT2D eigenvalue weighted by molar-refractivity contribution is 14.0. The van der Waals surface area contributed by atoms with E-state index in [4.69, 9.17) is 4.74 Å². The molecule has 1 saturated heterocycles. The minimum Gasteiger partial charge on any atom is -0.466 e. The molecule has 0 aromatic heterocycles. The van der Waals surface area contributed by atoms with E-state index in [9.17, 15) is 4.79 Å². The van der Waals surface area contributed by atoms with Crippen LogP contribution in [0.3, 0.4) is 0 Å². The molecule has 1 aliphatic rings. The molecule has 0 saturated carbocycles. The van der Waals surface area contributed by atoms with Crippen LogP contribution in [0.5, 0.6) is 0 Å². The van der Waals surface area contributed by atoms with Gasteiger partial charge in [-0.25, -0.2) is 0 Å². The van der Waals surface area contributed by atoms with Crippen LogP contribution in [0.25, 0.3) is 0 Å². The number of guanidine groups is 1. The lowest BCUT2D eigenvalue weighted by Gasteiger charge is -2.34. The lowest BCUT2D eigenvalue weighted by atomic mass is 9.97. The van der Waals surface area contributed by atoms with Crippen LogP contribution in [0.4, 0.5) is 5.69 Å². The molecular weight excluding hydrogens is 467 g/mol. The maximum Gasteiger partial charge on any atom is 0.309 e. The number of nitrogens with zero attached hydrogens (tertiary/aromatic N) is 2. The smallest absolute Gasteiger partial charge is 0.309 e. The molecule has 158 valence electrons. The molecule has 1 aromatic rings. The van der Waals surface area contributed by atoms with Gasteiger partial charge in [-0.05, 0) is 37.8 Å². The molecular formula is C21H35IN4O2. The summed E-state index contributed by atoms with van der Waals surface area (Å²) in [7, 11) is 1.81. The SMILES string of the molecule is CCOC(=O)C1CCN(C(=NC)NCC(Nc2ccccc2)C(C)C)CC1.I. The highest BCUT2D eigenvalue weighted by atomic mass is 127. The zero-order valence-corrected chi connectivity index (χ0v) is 19.8. The van der Waals surface area contributed by atoms with Gasteiger partial charge in [-0.1, -0.05) is 32.0 Å². The van der Waals surface area contributed by atoms with E-state index in [1.807, 2.05) is 32.2 Å². The maximum absolute atomic E-state index is 11.9. The first-order valence-electron chi connectivity index (χ1n) is 9.99. The van der Waals surface area contributed by atoms with Crippen molar-refractivity contribution in [1.82, 2.24) is 10.2 Å². The van der Waals surface area contributed by atoms with Gasteiger partial charge in [0.1, 0.15) is 0 Å². The van der Waals surface area contributed by atoms with E-state index < -0.39 is 0 Å². The molecule has 1 fully saturated rings. The van der Waals surface area contributed by atoms with Crippen LogP contribution in [0.1, 0.15) is 33.6 Å². The first kappa shape index (κ1) is 24.5. The van der Waals surface area contributed by atoms with Crippen LogP contribution in [0.15, 0.2) is 35.3 Å². The first-order chi connectivity index (χ1) is 13.0. The molecule has 0 bridgehead atoms. The van der Waals surface area contributed by atoms with Gasteiger partial charge in [-0.2, -0.15) is 0 Å². The standard InChI is InChI=1S/C21H34N4O2.HI/c1-5-27-20(26)17-11-13-25(14-12-17)21(22-4)23-15-19(16(2)3)24-18-9-7-6-8-10-18;/h6-10,16-17,19,24H,5,11-15H2,1-4H3,(H,22,23);1H. The molecule has 0 aliphatic carbocycles. The molecule has 2 rings (SSSR count).